The van der Waals surface area contributed by atoms with E-state index in [1.54, 1.807) is 0 Å². The van der Waals surface area contributed by atoms with Gasteiger partial charge in [0.25, 0.3) is 0 Å². The Bertz CT molecular complexity index is 435. The second-order valence-corrected chi connectivity index (χ2v) is 5.84. The summed E-state index contributed by atoms with van der Waals surface area (Å²) in [5.41, 5.74) is 3.23. The third kappa shape index (κ3) is 1.58. The summed E-state index contributed by atoms with van der Waals surface area (Å²) in [4.78, 5) is 0. The molecule has 0 spiro atoms. The Morgan fingerprint density at radius 3 is 2.46 bits per heavy atom. The number of H-pyrrole nitrogens is 1. The lowest BCUT2D eigenvalue weighted by molar-refractivity contribution is 0.957. The third-order valence-electron chi connectivity index (χ3n) is 1.84. The lowest BCUT2D eigenvalue weighted by Gasteiger charge is -2.04. The molecular weight excluding hydrogens is 507 g/mol. The second kappa shape index (κ2) is 3.76. The van der Waals surface area contributed by atoms with Gasteiger partial charge in [-0.25, -0.2) is 0 Å². The van der Waals surface area contributed by atoms with E-state index in [1.165, 1.54) is 16.3 Å². The van der Waals surface area contributed by atoms with Crippen molar-refractivity contribution in [1.29, 1.82) is 0 Å². The minimum atomic E-state index is 0.981. The molecule has 0 atom stereocenters. The van der Waals surface area contributed by atoms with Crippen LogP contribution in [0.4, 0.5) is 0 Å². The van der Waals surface area contributed by atoms with Crippen molar-refractivity contribution in [1.82, 2.24) is 15.4 Å². The van der Waals surface area contributed by atoms with E-state index in [2.05, 4.69) is 90.1 Å². The van der Waals surface area contributed by atoms with Crippen LogP contribution in [0.2, 0.25) is 0 Å². The van der Waals surface area contributed by atoms with Gasteiger partial charge in [-0.2, -0.15) is 0 Å². The molecule has 0 aliphatic heterocycles. The van der Waals surface area contributed by atoms with Crippen LogP contribution in [0, 0.1) is 17.6 Å². The molecule has 1 aromatic carbocycles. The zero-order valence-electron chi connectivity index (χ0n) is 6.53. The predicted molar refractivity (Wildman–Crippen MR) is 76.8 cm³/mol. The first kappa shape index (κ1) is 10.3. The zero-order valence-corrected chi connectivity index (χ0v) is 13.0. The summed E-state index contributed by atoms with van der Waals surface area (Å²) in [6.45, 7) is 2.07. The van der Waals surface area contributed by atoms with E-state index in [0.29, 0.717) is 0 Å². The molecule has 3 nitrogen and oxygen atoms in total. The highest BCUT2D eigenvalue weighted by Gasteiger charge is 2.14. The molecule has 0 amide bonds. The summed E-state index contributed by atoms with van der Waals surface area (Å²) in [6, 6.07) is 0. The first-order valence-electron chi connectivity index (χ1n) is 3.46. The smallest absolute Gasteiger partial charge is 0.118 e. The molecule has 0 aliphatic carbocycles. The van der Waals surface area contributed by atoms with Crippen molar-refractivity contribution < 1.29 is 0 Å². The Balaban J connectivity index is 3.02. The lowest BCUT2D eigenvalue weighted by Crippen LogP contribution is -1.92. The van der Waals surface area contributed by atoms with Crippen molar-refractivity contribution in [2.45, 2.75) is 6.92 Å². The fourth-order valence-electron chi connectivity index (χ4n) is 1.12. The number of halogens is 3. The summed E-state index contributed by atoms with van der Waals surface area (Å²) >= 11 is 7.01. The molecule has 0 fully saturated rings. The quantitative estimate of drug-likeness (QED) is 0.437. The molecule has 0 saturated heterocycles. The van der Waals surface area contributed by atoms with Crippen LogP contribution < -0.4 is 0 Å². The number of rotatable bonds is 0. The van der Waals surface area contributed by atoms with E-state index in [0.717, 1.165) is 11.0 Å². The van der Waals surface area contributed by atoms with Crippen molar-refractivity contribution in [3.05, 3.63) is 16.3 Å². The molecule has 6 heteroatoms. The summed E-state index contributed by atoms with van der Waals surface area (Å²) in [5, 5.41) is 10.8. The van der Waals surface area contributed by atoms with Crippen LogP contribution in [0.3, 0.4) is 0 Å². The van der Waals surface area contributed by atoms with Gasteiger partial charge in [0.2, 0.25) is 0 Å². The van der Waals surface area contributed by atoms with Crippen molar-refractivity contribution in [3.63, 3.8) is 0 Å². The van der Waals surface area contributed by atoms with Crippen LogP contribution in [0.25, 0.3) is 11.0 Å². The molecule has 0 radical (unpaired) electrons. The summed E-state index contributed by atoms with van der Waals surface area (Å²) < 4.78 is 3.74. The molecule has 1 N–H and O–H groups in total. The van der Waals surface area contributed by atoms with Crippen LogP contribution in [0.5, 0.6) is 0 Å². The molecular formula is C7H4I3N3. The number of hydrogen-bond acceptors (Lipinski definition) is 2. The van der Waals surface area contributed by atoms with Gasteiger partial charge in [0.15, 0.2) is 0 Å². The molecule has 1 aromatic heterocycles. The van der Waals surface area contributed by atoms with Crippen molar-refractivity contribution in [3.8, 4) is 0 Å². The van der Waals surface area contributed by atoms with Gasteiger partial charge < -0.3 is 0 Å². The molecule has 1 heterocycles. The summed E-state index contributed by atoms with van der Waals surface area (Å²) in [5.74, 6) is 0. The van der Waals surface area contributed by atoms with Crippen LogP contribution in [0.15, 0.2) is 0 Å². The third-order valence-corrected chi connectivity index (χ3v) is 7.41. The van der Waals surface area contributed by atoms with Crippen LogP contribution in [0.1, 0.15) is 5.56 Å². The number of nitrogens with zero attached hydrogens (tertiary/aromatic N) is 2. The molecule has 2 aromatic rings. The number of benzene rings is 1. The number of nitrogens with one attached hydrogen (secondary N) is 1. The average molecular weight is 511 g/mol. The number of aromatic nitrogens is 3. The van der Waals surface area contributed by atoms with E-state index >= 15 is 0 Å². The van der Waals surface area contributed by atoms with Crippen molar-refractivity contribution >= 4 is 78.8 Å². The van der Waals surface area contributed by atoms with Gasteiger partial charge >= 0.3 is 0 Å². The van der Waals surface area contributed by atoms with Crippen molar-refractivity contribution in [2.24, 2.45) is 0 Å². The summed E-state index contributed by atoms with van der Waals surface area (Å²) in [6.07, 6.45) is 0. The highest BCUT2D eigenvalue weighted by atomic mass is 127. The van der Waals surface area contributed by atoms with E-state index in [1.807, 2.05) is 0 Å². The lowest BCUT2D eigenvalue weighted by atomic mass is 10.2. The number of aromatic amines is 1. The van der Waals surface area contributed by atoms with Crippen LogP contribution >= 0.6 is 67.8 Å². The Morgan fingerprint density at radius 2 is 1.77 bits per heavy atom. The number of hydrogen-bond donors (Lipinski definition) is 1. The van der Waals surface area contributed by atoms with Gasteiger partial charge in [-0.15, -0.1) is 5.10 Å². The average Bonchev–Trinajstić information content (AvgIpc) is 2.59. The van der Waals surface area contributed by atoms with E-state index in [9.17, 15) is 0 Å². The SMILES string of the molecule is Cc1c(I)c(I)c(I)c2[nH]nnc12. The maximum atomic E-state index is 4.06. The van der Waals surface area contributed by atoms with Gasteiger partial charge in [0.1, 0.15) is 11.0 Å². The highest BCUT2D eigenvalue weighted by molar-refractivity contribution is 14.1. The van der Waals surface area contributed by atoms with E-state index < -0.39 is 0 Å². The first-order chi connectivity index (χ1) is 6.13. The van der Waals surface area contributed by atoms with Crippen molar-refractivity contribution in [2.75, 3.05) is 0 Å². The highest BCUT2D eigenvalue weighted by Crippen LogP contribution is 2.30. The summed E-state index contributed by atoms with van der Waals surface area (Å²) in [7, 11) is 0. The minimum absolute atomic E-state index is 0.981. The molecule has 2 rings (SSSR count). The van der Waals surface area contributed by atoms with Gasteiger partial charge in [-0.05, 0) is 80.3 Å². The molecule has 0 unspecified atom stereocenters. The Labute approximate surface area is 116 Å². The molecule has 0 bridgehead atoms. The number of aryl methyl sites for hydroxylation is 1. The first-order valence-corrected chi connectivity index (χ1v) is 6.70. The fourth-order valence-corrected chi connectivity index (χ4v) is 3.48. The topological polar surface area (TPSA) is 41.6 Å². The van der Waals surface area contributed by atoms with E-state index in [-0.39, 0.29) is 0 Å². The van der Waals surface area contributed by atoms with Gasteiger partial charge in [-0.1, -0.05) is 5.21 Å². The van der Waals surface area contributed by atoms with Gasteiger partial charge in [0, 0.05) is 7.14 Å². The van der Waals surface area contributed by atoms with Gasteiger partial charge in [0.05, 0.1) is 3.57 Å². The second-order valence-electron chi connectivity index (χ2n) is 2.60. The Morgan fingerprint density at radius 1 is 1.08 bits per heavy atom. The number of fused-ring (bicyclic) bond motifs is 1. The largest absolute Gasteiger partial charge is 0.256 e. The van der Waals surface area contributed by atoms with Crippen LogP contribution in [-0.2, 0) is 0 Å². The molecule has 0 aliphatic rings. The Kier molecular flexibility index (Phi) is 2.99. The van der Waals surface area contributed by atoms with E-state index in [4.69, 9.17) is 0 Å². The van der Waals surface area contributed by atoms with Gasteiger partial charge in [-0.3, -0.25) is 5.10 Å². The molecule has 68 valence electrons. The zero-order chi connectivity index (χ0) is 9.59. The standard InChI is InChI=1S/C7H4I3N3/c1-2-3(8)4(9)5(10)7-6(2)11-13-12-7/h1H3,(H,11,12,13). The monoisotopic (exact) mass is 511 g/mol. The Hall–Kier alpha value is 0.810. The normalized spacial score (nSPS) is 11.1. The molecule has 13 heavy (non-hydrogen) atoms. The molecule has 0 saturated carbocycles. The maximum Gasteiger partial charge on any atom is 0.118 e. The predicted octanol–water partition coefficient (Wildman–Crippen LogP) is 3.08. The maximum absolute atomic E-state index is 4.06. The van der Waals surface area contributed by atoms with Crippen LogP contribution in [-0.4, -0.2) is 15.4 Å². The fraction of sp³-hybridized carbons (Fsp3) is 0.143. The minimum Gasteiger partial charge on any atom is -0.256 e.